The summed E-state index contributed by atoms with van der Waals surface area (Å²) < 4.78 is 37.9. The van der Waals surface area contributed by atoms with E-state index in [-0.39, 0.29) is 37.7 Å². The second kappa shape index (κ2) is 13.5. The molecule has 0 radical (unpaired) electrons. The van der Waals surface area contributed by atoms with E-state index in [1.807, 2.05) is 61.5 Å². The first kappa shape index (κ1) is 29.9. The molecule has 1 atom stereocenters. The molecule has 1 N–H and O–H groups in total. The van der Waals surface area contributed by atoms with E-state index in [0.717, 1.165) is 22.9 Å². The van der Waals surface area contributed by atoms with Crippen molar-refractivity contribution in [2.45, 2.75) is 38.8 Å². The average molecular weight is 580 g/mol. The summed E-state index contributed by atoms with van der Waals surface area (Å²) >= 11 is 0. The Labute approximate surface area is 242 Å². The van der Waals surface area contributed by atoms with E-state index in [0.29, 0.717) is 36.8 Å². The van der Waals surface area contributed by atoms with Crippen molar-refractivity contribution in [2.75, 3.05) is 37.4 Å². The Morgan fingerprint density at radius 2 is 1.63 bits per heavy atom. The number of hydrogen-bond donors (Lipinski definition) is 1. The van der Waals surface area contributed by atoms with Gasteiger partial charge in [-0.2, -0.15) is 0 Å². The van der Waals surface area contributed by atoms with Gasteiger partial charge in [-0.15, -0.1) is 0 Å². The summed E-state index contributed by atoms with van der Waals surface area (Å²) in [6.07, 6.45) is 1.81. The summed E-state index contributed by atoms with van der Waals surface area (Å²) in [4.78, 5) is 28.5. The van der Waals surface area contributed by atoms with Crippen molar-refractivity contribution < 1.29 is 27.5 Å². The zero-order chi connectivity index (χ0) is 29.4. The molecule has 41 heavy (non-hydrogen) atoms. The van der Waals surface area contributed by atoms with Gasteiger partial charge in [0.2, 0.25) is 21.8 Å². The second-order valence-electron chi connectivity index (χ2n) is 10.1. The molecule has 2 amide bonds. The van der Waals surface area contributed by atoms with Crippen LogP contribution in [0.4, 0.5) is 5.69 Å². The Balaban J connectivity index is 1.55. The van der Waals surface area contributed by atoms with Crippen molar-refractivity contribution in [1.29, 1.82) is 0 Å². The van der Waals surface area contributed by atoms with Crippen LogP contribution in [0.2, 0.25) is 0 Å². The molecule has 4 rings (SSSR count). The van der Waals surface area contributed by atoms with Crippen molar-refractivity contribution in [1.82, 2.24) is 10.2 Å². The van der Waals surface area contributed by atoms with Crippen LogP contribution in [0.25, 0.3) is 0 Å². The van der Waals surface area contributed by atoms with E-state index >= 15 is 0 Å². The largest absolute Gasteiger partial charge is 0.486 e. The normalized spacial score (nSPS) is 13.2. The quantitative estimate of drug-likeness (QED) is 0.351. The first-order valence-electron chi connectivity index (χ1n) is 13.6. The highest BCUT2D eigenvalue weighted by molar-refractivity contribution is 7.92. The number of sulfonamides is 1. The molecule has 0 fully saturated rings. The number of carbonyl (C=O) groups excluding carboxylic acids is 2. The minimum Gasteiger partial charge on any atom is -0.486 e. The molecule has 9 nitrogen and oxygen atoms in total. The molecule has 10 heteroatoms. The van der Waals surface area contributed by atoms with Crippen molar-refractivity contribution in [3.8, 4) is 11.5 Å². The van der Waals surface area contributed by atoms with Crippen LogP contribution in [0, 0.1) is 6.92 Å². The lowest BCUT2D eigenvalue weighted by molar-refractivity contribution is -0.141. The number of carbonyl (C=O) groups is 2. The van der Waals surface area contributed by atoms with E-state index in [1.54, 1.807) is 30.1 Å². The van der Waals surface area contributed by atoms with Crippen LogP contribution in [0.5, 0.6) is 11.5 Å². The average Bonchev–Trinajstić information content (AvgIpc) is 2.96. The van der Waals surface area contributed by atoms with Crippen LogP contribution >= 0.6 is 0 Å². The number of nitrogens with zero attached hydrogens (tertiary/aromatic N) is 2. The highest BCUT2D eigenvalue weighted by Gasteiger charge is 2.30. The van der Waals surface area contributed by atoms with E-state index in [4.69, 9.17) is 9.47 Å². The Morgan fingerprint density at radius 3 is 2.32 bits per heavy atom. The Kier molecular flexibility index (Phi) is 9.88. The molecular formula is C31H37N3O6S. The fraction of sp³-hybridized carbons (Fsp3) is 0.355. The molecule has 0 bridgehead atoms. The maximum atomic E-state index is 13.8. The van der Waals surface area contributed by atoms with Gasteiger partial charge in [0.25, 0.3) is 0 Å². The lowest BCUT2D eigenvalue weighted by Crippen LogP contribution is -2.49. The number of rotatable bonds is 12. The minimum atomic E-state index is -3.64. The molecule has 1 aliphatic rings. The summed E-state index contributed by atoms with van der Waals surface area (Å²) in [7, 11) is -2.08. The predicted molar refractivity (Wildman–Crippen MR) is 159 cm³/mol. The standard InChI is InChI=1S/C31H37N3O6S/c1-23-9-7-12-25(19-23)22-33(27(31(36)32-2)20-24-10-5-4-6-11-24)30(35)13-8-16-34(41(3,37)38)26-14-15-28-29(21-26)40-18-17-39-28/h4-7,9-12,14-15,19,21,27H,8,13,16-18,20,22H2,1-3H3,(H,32,36)/t27-/m1/s1. The predicted octanol–water partition coefficient (Wildman–Crippen LogP) is 3.70. The first-order chi connectivity index (χ1) is 19.7. The lowest BCUT2D eigenvalue weighted by atomic mass is 10.0. The smallest absolute Gasteiger partial charge is 0.242 e. The highest BCUT2D eigenvalue weighted by atomic mass is 32.2. The fourth-order valence-corrected chi connectivity index (χ4v) is 5.88. The molecule has 1 heterocycles. The van der Waals surface area contributed by atoms with Crippen molar-refractivity contribution in [3.63, 3.8) is 0 Å². The number of amides is 2. The maximum absolute atomic E-state index is 13.8. The van der Waals surface area contributed by atoms with Crippen LogP contribution in [-0.2, 0) is 32.6 Å². The van der Waals surface area contributed by atoms with E-state index in [1.165, 1.54) is 4.31 Å². The van der Waals surface area contributed by atoms with Crippen molar-refractivity contribution in [3.05, 3.63) is 89.5 Å². The Bertz CT molecular complexity index is 1460. The van der Waals surface area contributed by atoms with E-state index < -0.39 is 16.1 Å². The van der Waals surface area contributed by atoms with Crippen LogP contribution < -0.4 is 19.1 Å². The van der Waals surface area contributed by atoms with Crippen LogP contribution in [0.3, 0.4) is 0 Å². The number of likely N-dealkylation sites (N-methyl/N-ethyl adjacent to an activating group) is 1. The van der Waals surface area contributed by atoms with Gasteiger partial charge in [-0.1, -0.05) is 60.2 Å². The maximum Gasteiger partial charge on any atom is 0.242 e. The molecule has 3 aromatic rings. The number of fused-ring (bicyclic) bond motifs is 1. The van der Waals surface area contributed by atoms with Gasteiger partial charge < -0.3 is 19.7 Å². The zero-order valence-corrected chi connectivity index (χ0v) is 24.5. The van der Waals surface area contributed by atoms with E-state index in [2.05, 4.69) is 5.32 Å². The molecule has 0 aromatic heterocycles. The number of hydrogen-bond acceptors (Lipinski definition) is 6. The number of ether oxygens (including phenoxy) is 2. The summed E-state index contributed by atoms with van der Waals surface area (Å²) in [6, 6.07) is 21.7. The van der Waals surface area contributed by atoms with Gasteiger partial charge >= 0.3 is 0 Å². The van der Waals surface area contributed by atoms with Gasteiger partial charge in [0.1, 0.15) is 19.3 Å². The second-order valence-corrected chi connectivity index (χ2v) is 12.0. The monoisotopic (exact) mass is 579 g/mol. The molecule has 0 unspecified atom stereocenters. The summed E-state index contributed by atoms with van der Waals surface area (Å²) in [5.74, 6) is 0.557. The Morgan fingerprint density at radius 1 is 0.927 bits per heavy atom. The number of benzene rings is 3. The molecule has 1 aliphatic heterocycles. The van der Waals surface area contributed by atoms with Gasteiger partial charge in [0.15, 0.2) is 11.5 Å². The van der Waals surface area contributed by atoms with E-state index in [9.17, 15) is 18.0 Å². The molecule has 0 aliphatic carbocycles. The van der Waals surface area contributed by atoms with Crippen LogP contribution in [0.1, 0.15) is 29.5 Å². The van der Waals surface area contributed by atoms with Gasteiger partial charge in [0.05, 0.1) is 11.9 Å². The van der Waals surface area contributed by atoms with Crippen LogP contribution in [-0.4, -0.2) is 64.2 Å². The summed E-state index contributed by atoms with van der Waals surface area (Å²) in [6.45, 7) is 3.14. The lowest BCUT2D eigenvalue weighted by Gasteiger charge is -2.32. The number of anilines is 1. The number of aryl methyl sites for hydroxylation is 1. The van der Waals surface area contributed by atoms with Gasteiger partial charge in [-0.25, -0.2) is 8.42 Å². The molecule has 3 aromatic carbocycles. The first-order valence-corrected chi connectivity index (χ1v) is 15.5. The third kappa shape index (κ3) is 8.00. The molecule has 0 saturated carbocycles. The highest BCUT2D eigenvalue weighted by Crippen LogP contribution is 2.34. The Hall–Kier alpha value is -4.05. The molecule has 218 valence electrons. The fourth-order valence-electron chi connectivity index (χ4n) is 4.92. The SMILES string of the molecule is CNC(=O)[C@@H](Cc1ccccc1)N(Cc1cccc(C)c1)C(=O)CCCN(c1ccc2c(c1)OCCO2)S(C)(=O)=O. The van der Waals surface area contributed by atoms with Gasteiger partial charge in [-0.3, -0.25) is 13.9 Å². The minimum absolute atomic E-state index is 0.0602. The van der Waals surface area contributed by atoms with Crippen molar-refractivity contribution >= 4 is 27.5 Å². The number of nitrogens with one attached hydrogen (secondary N) is 1. The summed E-state index contributed by atoms with van der Waals surface area (Å²) in [5.41, 5.74) is 3.34. The van der Waals surface area contributed by atoms with Gasteiger partial charge in [-0.05, 0) is 36.6 Å². The molecular weight excluding hydrogens is 542 g/mol. The third-order valence-corrected chi connectivity index (χ3v) is 8.11. The molecule has 0 spiro atoms. The van der Waals surface area contributed by atoms with Gasteiger partial charge in [0, 0.05) is 39.0 Å². The topological polar surface area (TPSA) is 105 Å². The van der Waals surface area contributed by atoms with Crippen molar-refractivity contribution in [2.24, 2.45) is 0 Å². The van der Waals surface area contributed by atoms with Crippen LogP contribution in [0.15, 0.2) is 72.8 Å². The molecule has 0 saturated heterocycles. The summed E-state index contributed by atoms with van der Waals surface area (Å²) in [5, 5.41) is 2.72. The third-order valence-electron chi connectivity index (χ3n) is 6.92. The zero-order valence-electron chi connectivity index (χ0n) is 23.7.